The van der Waals surface area contributed by atoms with Crippen LogP contribution in [0, 0.1) is 13.8 Å². The number of rotatable bonds is 2. The van der Waals surface area contributed by atoms with E-state index < -0.39 is 0 Å². The molecule has 0 amide bonds. The van der Waals surface area contributed by atoms with E-state index >= 15 is 0 Å². The van der Waals surface area contributed by atoms with Gasteiger partial charge in [0.1, 0.15) is 5.75 Å². The van der Waals surface area contributed by atoms with Crippen molar-refractivity contribution in [3.05, 3.63) is 35.7 Å². The van der Waals surface area contributed by atoms with Crippen LogP contribution >= 0.6 is 0 Å². The van der Waals surface area contributed by atoms with Crippen molar-refractivity contribution in [1.82, 2.24) is 15.0 Å². The van der Waals surface area contributed by atoms with E-state index in [1.165, 1.54) is 0 Å². The zero-order valence-corrected chi connectivity index (χ0v) is 9.06. The molecule has 0 aliphatic heterocycles. The van der Waals surface area contributed by atoms with Crippen molar-refractivity contribution >= 4 is 0 Å². The summed E-state index contributed by atoms with van der Waals surface area (Å²) in [5.74, 6) is 0.892. The van der Waals surface area contributed by atoms with Gasteiger partial charge in [-0.05, 0) is 37.1 Å². The molecule has 0 radical (unpaired) electrons. The van der Waals surface area contributed by atoms with Gasteiger partial charge < -0.3 is 4.74 Å². The number of aromatic nitrogens is 3. The van der Waals surface area contributed by atoms with E-state index in [1.54, 1.807) is 24.3 Å². The van der Waals surface area contributed by atoms with Crippen molar-refractivity contribution in [3.63, 3.8) is 0 Å². The predicted molar refractivity (Wildman–Crippen MR) is 57.4 cm³/mol. The monoisotopic (exact) mass is 203 g/mol. The van der Waals surface area contributed by atoms with Gasteiger partial charge in [-0.3, -0.25) is 0 Å². The summed E-state index contributed by atoms with van der Waals surface area (Å²) >= 11 is 0. The Hall–Kier alpha value is -1.84. The van der Waals surface area contributed by atoms with Gasteiger partial charge in [0.25, 0.3) is 0 Å². The van der Waals surface area contributed by atoms with Crippen molar-refractivity contribution < 1.29 is 4.74 Å². The summed E-state index contributed by atoms with van der Waals surface area (Å²) in [6.07, 6.45) is 3.33. The van der Waals surface area contributed by atoms with E-state index in [1.807, 2.05) is 26.0 Å². The molecule has 0 spiro atoms. The van der Waals surface area contributed by atoms with E-state index in [0.29, 0.717) is 0 Å². The number of ether oxygens (including phenoxy) is 1. The third-order valence-corrected chi connectivity index (χ3v) is 2.35. The van der Waals surface area contributed by atoms with Crippen LogP contribution in [0.5, 0.6) is 5.75 Å². The maximum Gasteiger partial charge on any atom is 0.122 e. The average molecular weight is 203 g/mol. The van der Waals surface area contributed by atoms with Gasteiger partial charge in [0.15, 0.2) is 0 Å². The molecule has 1 aromatic heterocycles. The number of hydrogen-bond donors (Lipinski definition) is 0. The molecule has 78 valence electrons. The quantitative estimate of drug-likeness (QED) is 0.748. The molecule has 0 N–H and O–H groups in total. The molecule has 15 heavy (non-hydrogen) atoms. The van der Waals surface area contributed by atoms with Gasteiger partial charge in [-0.25, -0.2) is 0 Å². The van der Waals surface area contributed by atoms with E-state index in [0.717, 1.165) is 22.6 Å². The molecule has 2 aromatic rings. The average Bonchev–Trinajstić information content (AvgIpc) is 2.74. The first kappa shape index (κ1) is 9.71. The van der Waals surface area contributed by atoms with Crippen LogP contribution in [0.25, 0.3) is 5.69 Å². The highest BCUT2D eigenvalue weighted by Crippen LogP contribution is 2.23. The molecule has 4 heteroatoms. The molecule has 0 bridgehead atoms. The van der Waals surface area contributed by atoms with E-state index in [-0.39, 0.29) is 0 Å². The van der Waals surface area contributed by atoms with E-state index in [2.05, 4.69) is 10.2 Å². The minimum absolute atomic E-state index is 0.892. The number of aryl methyl sites for hydroxylation is 2. The lowest BCUT2D eigenvalue weighted by molar-refractivity contribution is 0.411. The minimum atomic E-state index is 0.892. The van der Waals surface area contributed by atoms with Crippen molar-refractivity contribution in [1.29, 1.82) is 0 Å². The first-order valence-electron chi connectivity index (χ1n) is 4.74. The van der Waals surface area contributed by atoms with Crippen LogP contribution in [0.15, 0.2) is 24.5 Å². The fraction of sp³-hybridized carbons (Fsp3) is 0.273. The summed E-state index contributed by atoms with van der Waals surface area (Å²) in [6, 6.07) is 4.02. The highest BCUT2D eigenvalue weighted by molar-refractivity contribution is 5.48. The summed E-state index contributed by atoms with van der Waals surface area (Å²) in [5.41, 5.74) is 3.15. The Kier molecular flexibility index (Phi) is 2.41. The Bertz CT molecular complexity index is 463. The van der Waals surface area contributed by atoms with Gasteiger partial charge in [0.2, 0.25) is 0 Å². The fourth-order valence-electron chi connectivity index (χ4n) is 1.55. The molecule has 0 fully saturated rings. The Balaban J connectivity index is 2.55. The standard InChI is InChI=1S/C11H13N3O/c1-8-7-11(15-3)9(2)6-10(8)14-12-4-5-13-14/h4-7H,1-3H3. The minimum Gasteiger partial charge on any atom is -0.496 e. The number of benzene rings is 1. The summed E-state index contributed by atoms with van der Waals surface area (Å²) in [5, 5.41) is 8.22. The summed E-state index contributed by atoms with van der Waals surface area (Å²) < 4.78 is 5.25. The largest absolute Gasteiger partial charge is 0.496 e. The van der Waals surface area contributed by atoms with Gasteiger partial charge in [-0.2, -0.15) is 15.0 Å². The number of nitrogens with zero attached hydrogens (tertiary/aromatic N) is 3. The first-order valence-corrected chi connectivity index (χ1v) is 4.74. The Morgan fingerprint density at radius 2 is 1.73 bits per heavy atom. The summed E-state index contributed by atoms with van der Waals surface area (Å²) in [4.78, 5) is 1.61. The molecule has 0 saturated heterocycles. The molecule has 0 aliphatic rings. The second-order valence-electron chi connectivity index (χ2n) is 3.43. The van der Waals surface area contributed by atoms with Crippen LogP contribution in [0.4, 0.5) is 0 Å². The third kappa shape index (κ3) is 1.70. The Morgan fingerprint density at radius 3 is 2.33 bits per heavy atom. The van der Waals surface area contributed by atoms with Crippen LogP contribution in [0.2, 0.25) is 0 Å². The zero-order valence-electron chi connectivity index (χ0n) is 9.06. The maximum absolute atomic E-state index is 5.25. The lowest BCUT2D eigenvalue weighted by Gasteiger charge is -2.10. The summed E-state index contributed by atoms with van der Waals surface area (Å²) in [7, 11) is 1.67. The zero-order chi connectivity index (χ0) is 10.8. The molecule has 1 aromatic carbocycles. The van der Waals surface area contributed by atoms with Crippen molar-refractivity contribution in [2.24, 2.45) is 0 Å². The van der Waals surface area contributed by atoms with Crippen LogP contribution < -0.4 is 4.74 Å². The molecule has 0 atom stereocenters. The molecule has 2 rings (SSSR count). The lowest BCUT2D eigenvalue weighted by atomic mass is 10.1. The van der Waals surface area contributed by atoms with Crippen molar-refractivity contribution in [2.75, 3.05) is 7.11 Å². The Labute approximate surface area is 88.5 Å². The van der Waals surface area contributed by atoms with Gasteiger partial charge in [-0.1, -0.05) is 0 Å². The summed E-state index contributed by atoms with van der Waals surface area (Å²) in [6.45, 7) is 4.02. The highest BCUT2D eigenvalue weighted by Gasteiger charge is 2.07. The molecule has 0 saturated carbocycles. The second-order valence-corrected chi connectivity index (χ2v) is 3.43. The van der Waals surface area contributed by atoms with Crippen LogP contribution in [0.1, 0.15) is 11.1 Å². The predicted octanol–water partition coefficient (Wildman–Crippen LogP) is 1.89. The van der Waals surface area contributed by atoms with E-state index in [4.69, 9.17) is 4.74 Å². The first-order chi connectivity index (χ1) is 7.22. The van der Waals surface area contributed by atoms with Crippen LogP contribution in [-0.2, 0) is 0 Å². The SMILES string of the molecule is COc1cc(C)c(-n2nccn2)cc1C. The van der Waals surface area contributed by atoms with E-state index in [9.17, 15) is 0 Å². The van der Waals surface area contributed by atoms with Gasteiger partial charge in [0.05, 0.1) is 25.2 Å². The van der Waals surface area contributed by atoms with Crippen LogP contribution in [0.3, 0.4) is 0 Å². The van der Waals surface area contributed by atoms with Crippen LogP contribution in [-0.4, -0.2) is 22.1 Å². The number of hydrogen-bond acceptors (Lipinski definition) is 3. The normalized spacial score (nSPS) is 10.3. The fourth-order valence-corrected chi connectivity index (χ4v) is 1.55. The van der Waals surface area contributed by atoms with Gasteiger partial charge >= 0.3 is 0 Å². The third-order valence-electron chi connectivity index (χ3n) is 2.35. The van der Waals surface area contributed by atoms with Gasteiger partial charge in [-0.15, -0.1) is 0 Å². The molecule has 1 heterocycles. The van der Waals surface area contributed by atoms with Gasteiger partial charge in [0, 0.05) is 0 Å². The molecule has 4 nitrogen and oxygen atoms in total. The molecular weight excluding hydrogens is 190 g/mol. The maximum atomic E-state index is 5.25. The smallest absolute Gasteiger partial charge is 0.122 e. The molecule has 0 unspecified atom stereocenters. The van der Waals surface area contributed by atoms with Crippen molar-refractivity contribution in [2.45, 2.75) is 13.8 Å². The van der Waals surface area contributed by atoms with Crippen molar-refractivity contribution in [3.8, 4) is 11.4 Å². The topological polar surface area (TPSA) is 39.9 Å². The second kappa shape index (κ2) is 3.73. The Morgan fingerprint density at radius 1 is 1.07 bits per heavy atom. The highest BCUT2D eigenvalue weighted by atomic mass is 16.5. The number of methoxy groups -OCH3 is 1. The molecular formula is C11H13N3O. The lowest BCUT2D eigenvalue weighted by Crippen LogP contribution is -2.02. The molecule has 0 aliphatic carbocycles.